The number of aromatic nitrogens is 2. The number of hydrogen-bond donors (Lipinski definition) is 2. The summed E-state index contributed by atoms with van der Waals surface area (Å²) in [6, 6.07) is 14.5. The Morgan fingerprint density at radius 3 is 2.69 bits per heavy atom. The second-order valence-electron chi connectivity index (χ2n) is 9.28. The minimum atomic E-state index is -0.448. The van der Waals surface area contributed by atoms with Gasteiger partial charge in [0.15, 0.2) is 5.11 Å². The van der Waals surface area contributed by atoms with Crippen LogP contribution >= 0.6 is 12.2 Å². The Kier molecular flexibility index (Phi) is 7.08. The summed E-state index contributed by atoms with van der Waals surface area (Å²) in [5, 5.41) is 6.70. The van der Waals surface area contributed by atoms with E-state index in [1.807, 2.05) is 18.2 Å². The Morgan fingerprint density at radius 1 is 1.11 bits per heavy atom. The van der Waals surface area contributed by atoms with Gasteiger partial charge in [0.1, 0.15) is 5.82 Å². The second kappa shape index (κ2) is 10.6. The molecule has 3 heterocycles. The SMILES string of the molecule is O=C(CCN1C(=S)N[C@H](c2ccccn2)[C@@H]1c1ccn(C2CCCCC2)c1)Nc1ccccc1F. The third-order valence-corrected chi connectivity index (χ3v) is 7.35. The normalized spacial score (nSPS) is 20.6. The van der Waals surface area contributed by atoms with E-state index in [-0.39, 0.29) is 30.1 Å². The maximum atomic E-state index is 14.0. The lowest BCUT2D eigenvalue weighted by Crippen LogP contribution is -2.32. The largest absolute Gasteiger partial charge is 0.352 e. The van der Waals surface area contributed by atoms with Gasteiger partial charge in [-0.2, -0.15) is 0 Å². The van der Waals surface area contributed by atoms with Crippen LogP contribution in [0, 0.1) is 5.82 Å². The molecule has 1 amide bonds. The van der Waals surface area contributed by atoms with Gasteiger partial charge in [0.05, 0.1) is 23.5 Å². The van der Waals surface area contributed by atoms with E-state index in [1.165, 1.54) is 38.2 Å². The average molecular weight is 492 g/mol. The van der Waals surface area contributed by atoms with Crippen molar-refractivity contribution >= 4 is 28.9 Å². The number of carbonyl (C=O) groups is 1. The fraction of sp³-hybridized carbons (Fsp3) is 0.370. The highest BCUT2D eigenvalue weighted by molar-refractivity contribution is 7.80. The minimum Gasteiger partial charge on any atom is -0.352 e. The van der Waals surface area contributed by atoms with Gasteiger partial charge in [0.25, 0.3) is 0 Å². The van der Waals surface area contributed by atoms with Crippen LogP contribution in [0.1, 0.15) is 67.9 Å². The van der Waals surface area contributed by atoms with Crippen molar-refractivity contribution < 1.29 is 9.18 Å². The number of amides is 1. The van der Waals surface area contributed by atoms with Crippen LogP contribution in [0.3, 0.4) is 0 Å². The van der Waals surface area contributed by atoms with E-state index in [1.54, 1.807) is 24.4 Å². The fourth-order valence-electron chi connectivity index (χ4n) is 5.22. The first-order valence-corrected chi connectivity index (χ1v) is 12.7. The van der Waals surface area contributed by atoms with Crippen LogP contribution in [0.15, 0.2) is 67.1 Å². The monoisotopic (exact) mass is 491 g/mol. The predicted octanol–water partition coefficient (Wildman–Crippen LogP) is 5.53. The molecule has 5 rings (SSSR count). The van der Waals surface area contributed by atoms with Gasteiger partial charge in [-0.3, -0.25) is 9.78 Å². The molecule has 1 aliphatic heterocycles. The lowest BCUT2D eigenvalue weighted by Gasteiger charge is -2.27. The maximum absolute atomic E-state index is 14.0. The summed E-state index contributed by atoms with van der Waals surface area (Å²) in [6.07, 6.45) is 12.7. The number of pyridine rings is 1. The number of carbonyl (C=O) groups excluding carboxylic acids is 1. The van der Waals surface area contributed by atoms with Crippen LogP contribution in [0.5, 0.6) is 0 Å². The van der Waals surface area contributed by atoms with E-state index < -0.39 is 5.82 Å². The molecule has 1 saturated heterocycles. The summed E-state index contributed by atoms with van der Waals surface area (Å²) >= 11 is 5.72. The van der Waals surface area contributed by atoms with Crippen molar-refractivity contribution in [2.24, 2.45) is 0 Å². The third kappa shape index (κ3) is 5.22. The number of hydrogen-bond acceptors (Lipinski definition) is 3. The number of nitrogens with one attached hydrogen (secondary N) is 2. The number of benzene rings is 1. The lowest BCUT2D eigenvalue weighted by atomic mass is 9.95. The highest BCUT2D eigenvalue weighted by Gasteiger charge is 2.40. The summed E-state index contributed by atoms with van der Waals surface area (Å²) in [5.74, 6) is -0.700. The quantitative estimate of drug-likeness (QED) is 0.426. The molecule has 35 heavy (non-hydrogen) atoms. The highest BCUT2D eigenvalue weighted by Crippen LogP contribution is 2.39. The van der Waals surface area contributed by atoms with E-state index in [0.717, 1.165) is 11.3 Å². The molecule has 3 aromatic rings. The third-order valence-electron chi connectivity index (χ3n) is 7.00. The van der Waals surface area contributed by atoms with E-state index >= 15 is 0 Å². The van der Waals surface area contributed by atoms with Crippen LogP contribution in [-0.4, -0.2) is 32.0 Å². The van der Waals surface area contributed by atoms with Gasteiger partial charge in [-0.1, -0.05) is 37.5 Å². The van der Waals surface area contributed by atoms with Gasteiger partial charge < -0.3 is 20.1 Å². The first-order chi connectivity index (χ1) is 17.1. The Morgan fingerprint density at radius 2 is 1.91 bits per heavy atom. The molecule has 0 unspecified atom stereocenters. The van der Waals surface area contributed by atoms with Crippen molar-refractivity contribution in [2.75, 3.05) is 11.9 Å². The summed E-state index contributed by atoms with van der Waals surface area (Å²) in [6.45, 7) is 0.411. The number of anilines is 1. The molecule has 0 spiro atoms. The lowest BCUT2D eigenvalue weighted by molar-refractivity contribution is -0.116. The summed E-state index contributed by atoms with van der Waals surface area (Å²) < 4.78 is 16.3. The molecule has 0 bridgehead atoms. The first kappa shape index (κ1) is 23.5. The minimum absolute atomic E-state index is 0.0940. The zero-order valence-electron chi connectivity index (χ0n) is 19.6. The molecule has 182 valence electrons. The number of halogens is 1. The molecule has 2 fully saturated rings. The smallest absolute Gasteiger partial charge is 0.226 e. The summed E-state index contributed by atoms with van der Waals surface area (Å²) in [7, 11) is 0. The first-order valence-electron chi connectivity index (χ1n) is 12.3. The Balaban J connectivity index is 1.36. The Bertz CT molecular complexity index is 1180. The molecule has 2 aromatic heterocycles. The molecule has 2 N–H and O–H groups in total. The van der Waals surface area contributed by atoms with Gasteiger partial charge >= 0.3 is 0 Å². The molecule has 1 saturated carbocycles. The Hall–Kier alpha value is -3.26. The zero-order chi connectivity index (χ0) is 24.2. The van der Waals surface area contributed by atoms with Crippen molar-refractivity contribution in [3.8, 4) is 0 Å². The van der Waals surface area contributed by atoms with Gasteiger partial charge in [0.2, 0.25) is 5.91 Å². The number of nitrogens with zero attached hydrogens (tertiary/aromatic N) is 3. The molecule has 1 aliphatic carbocycles. The van der Waals surface area contributed by atoms with Crippen molar-refractivity contribution in [3.63, 3.8) is 0 Å². The molecule has 6 nitrogen and oxygen atoms in total. The second-order valence-corrected chi connectivity index (χ2v) is 9.67. The highest BCUT2D eigenvalue weighted by atomic mass is 32.1. The molecular formula is C27H30FN5OS. The molecule has 2 atom stereocenters. The number of thiocarbonyl (C=S) groups is 1. The van der Waals surface area contributed by atoms with E-state index in [4.69, 9.17) is 12.2 Å². The van der Waals surface area contributed by atoms with Crippen LogP contribution in [0.25, 0.3) is 0 Å². The van der Waals surface area contributed by atoms with Crippen molar-refractivity contribution in [3.05, 3.63) is 84.2 Å². The van der Waals surface area contributed by atoms with Crippen molar-refractivity contribution in [1.82, 2.24) is 19.8 Å². The van der Waals surface area contributed by atoms with Crippen LogP contribution in [0.4, 0.5) is 10.1 Å². The summed E-state index contributed by atoms with van der Waals surface area (Å²) in [4.78, 5) is 19.3. The van der Waals surface area contributed by atoms with E-state index in [0.29, 0.717) is 17.7 Å². The molecule has 1 aromatic carbocycles. The Labute approximate surface area is 210 Å². The van der Waals surface area contributed by atoms with Crippen molar-refractivity contribution in [2.45, 2.75) is 56.7 Å². The molecule has 0 radical (unpaired) electrons. The van der Waals surface area contributed by atoms with Gasteiger partial charge in [-0.25, -0.2) is 4.39 Å². The van der Waals surface area contributed by atoms with Crippen LogP contribution in [0.2, 0.25) is 0 Å². The van der Waals surface area contributed by atoms with Crippen LogP contribution in [-0.2, 0) is 4.79 Å². The van der Waals surface area contributed by atoms with E-state index in [2.05, 4.69) is 43.5 Å². The number of rotatable bonds is 7. The van der Waals surface area contributed by atoms with Gasteiger partial charge in [-0.15, -0.1) is 0 Å². The topological polar surface area (TPSA) is 62.2 Å². The van der Waals surface area contributed by atoms with Gasteiger partial charge in [-0.05, 0) is 61.0 Å². The van der Waals surface area contributed by atoms with Crippen LogP contribution < -0.4 is 10.6 Å². The average Bonchev–Trinajstić information content (AvgIpc) is 3.50. The standard InChI is InChI=1S/C27H30FN5OS/c28-21-10-4-5-11-22(21)30-24(34)14-17-33-26(25(31-27(33)35)23-12-6-7-15-29-23)19-13-16-32(18-19)20-8-2-1-3-9-20/h4-7,10-13,15-16,18,20,25-26H,1-3,8-9,14,17H2,(H,30,34)(H,31,35)/t25-,26+/m1/s1. The predicted molar refractivity (Wildman–Crippen MR) is 138 cm³/mol. The summed E-state index contributed by atoms with van der Waals surface area (Å²) in [5.41, 5.74) is 2.24. The van der Waals surface area contributed by atoms with Gasteiger partial charge in [0, 0.05) is 37.6 Å². The molecular weight excluding hydrogens is 461 g/mol. The van der Waals surface area contributed by atoms with Crippen molar-refractivity contribution in [1.29, 1.82) is 0 Å². The molecule has 2 aliphatic rings. The number of para-hydroxylation sites is 1. The zero-order valence-corrected chi connectivity index (χ0v) is 20.4. The molecule has 8 heteroatoms. The fourth-order valence-corrected chi connectivity index (χ4v) is 5.55. The maximum Gasteiger partial charge on any atom is 0.226 e. The van der Waals surface area contributed by atoms with E-state index in [9.17, 15) is 9.18 Å².